The third-order valence-electron chi connectivity index (χ3n) is 2.48. The Morgan fingerprint density at radius 2 is 1.95 bits per heavy atom. The van der Waals surface area contributed by atoms with Gasteiger partial charge in [-0.3, -0.25) is 9.59 Å². The number of hydrogen-bond acceptors (Lipinski definition) is 2. The normalized spacial score (nSPS) is 13.1. The Morgan fingerprint density at radius 1 is 1.37 bits per heavy atom. The molecule has 1 aromatic carbocycles. The Bertz CT molecular complexity index is 511. The minimum absolute atomic E-state index is 0.0322. The van der Waals surface area contributed by atoms with E-state index in [1.807, 2.05) is 0 Å². The van der Waals surface area contributed by atoms with Crippen LogP contribution in [0.15, 0.2) is 18.2 Å². The lowest BCUT2D eigenvalue weighted by atomic mass is 9.94. The molecule has 0 heterocycles. The monoisotopic (exact) mass is 338 g/mol. The Kier molecular flexibility index (Phi) is 4.73. The average Bonchev–Trinajstić information content (AvgIpc) is 2.25. The first-order valence-corrected chi connectivity index (χ1v) is 6.11. The lowest BCUT2D eigenvalue weighted by molar-refractivity contribution is -0.140. The molecular weight excluding hydrogens is 329 g/mol. The highest BCUT2D eigenvalue weighted by molar-refractivity contribution is 9.09. The van der Waals surface area contributed by atoms with E-state index in [1.54, 1.807) is 0 Å². The SMILES string of the molecule is CC(=O)C(Br)c1cccc(C(F)(F)F)c1CC(=O)O. The summed E-state index contributed by atoms with van der Waals surface area (Å²) in [5.74, 6) is -1.79. The molecule has 104 valence electrons. The fourth-order valence-corrected chi connectivity index (χ4v) is 2.10. The van der Waals surface area contributed by atoms with Crippen molar-refractivity contribution in [3.63, 3.8) is 0 Å². The Balaban J connectivity index is 3.47. The summed E-state index contributed by atoms with van der Waals surface area (Å²) in [6.07, 6.45) is -5.45. The van der Waals surface area contributed by atoms with Gasteiger partial charge in [0.25, 0.3) is 0 Å². The van der Waals surface area contributed by atoms with Crippen molar-refractivity contribution in [3.8, 4) is 0 Å². The Labute approximate surface area is 115 Å². The van der Waals surface area contributed by atoms with Gasteiger partial charge in [-0.25, -0.2) is 0 Å². The summed E-state index contributed by atoms with van der Waals surface area (Å²) >= 11 is 2.98. The van der Waals surface area contributed by atoms with Crippen molar-refractivity contribution in [1.82, 2.24) is 0 Å². The number of rotatable bonds is 4. The van der Waals surface area contributed by atoms with Crippen LogP contribution in [-0.2, 0) is 22.2 Å². The van der Waals surface area contributed by atoms with Crippen LogP contribution in [0.1, 0.15) is 28.4 Å². The van der Waals surface area contributed by atoms with E-state index >= 15 is 0 Å². The molecule has 0 saturated heterocycles. The van der Waals surface area contributed by atoms with Gasteiger partial charge in [0.1, 0.15) is 5.78 Å². The van der Waals surface area contributed by atoms with Crippen LogP contribution in [0.3, 0.4) is 0 Å². The minimum Gasteiger partial charge on any atom is -0.481 e. The molecule has 1 aromatic rings. The van der Waals surface area contributed by atoms with E-state index < -0.39 is 34.7 Å². The molecule has 1 N–H and O–H groups in total. The van der Waals surface area contributed by atoms with Crippen LogP contribution in [0.25, 0.3) is 0 Å². The van der Waals surface area contributed by atoms with Gasteiger partial charge in [0.05, 0.1) is 16.8 Å². The van der Waals surface area contributed by atoms with Gasteiger partial charge < -0.3 is 5.11 Å². The number of hydrogen-bond donors (Lipinski definition) is 1. The third-order valence-corrected chi connectivity index (χ3v) is 3.61. The second-order valence-corrected chi connectivity index (χ2v) is 4.83. The predicted octanol–water partition coefficient (Wildman–Crippen LogP) is 3.36. The van der Waals surface area contributed by atoms with Gasteiger partial charge in [-0.05, 0) is 24.1 Å². The van der Waals surface area contributed by atoms with Crippen LogP contribution in [0.2, 0.25) is 0 Å². The standard InChI is InChI=1S/C12H10BrF3O3/c1-6(17)11(13)7-3-2-4-9(12(14,15)16)8(7)5-10(18)19/h2-4,11H,5H2,1H3,(H,18,19). The smallest absolute Gasteiger partial charge is 0.416 e. The molecule has 0 aromatic heterocycles. The summed E-state index contributed by atoms with van der Waals surface area (Å²) in [6.45, 7) is 1.21. The molecule has 0 spiro atoms. The summed E-state index contributed by atoms with van der Waals surface area (Å²) in [6, 6.07) is 3.27. The summed E-state index contributed by atoms with van der Waals surface area (Å²) in [5.41, 5.74) is -1.39. The molecule has 19 heavy (non-hydrogen) atoms. The van der Waals surface area contributed by atoms with E-state index in [2.05, 4.69) is 15.9 Å². The van der Waals surface area contributed by atoms with E-state index in [-0.39, 0.29) is 11.1 Å². The summed E-state index contributed by atoms with van der Waals surface area (Å²) in [5, 5.41) is 8.73. The van der Waals surface area contributed by atoms with E-state index in [1.165, 1.54) is 13.0 Å². The topological polar surface area (TPSA) is 54.4 Å². The highest BCUT2D eigenvalue weighted by atomic mass is 79.9. The van der Waals surface area contributed by atoms with Gasteiger partial charge in [-0.1, -0.05) is 28.1 Å². The first-order chi connectivity index (χ1) is 8.64. The van der Waals surface area contributed by atoms with Crippen molar-refractivity contribution in [3.05, 3.63) is 34.9 Å². The number of carboxylic acids is 1. The van der Waals surface area contributed by atoms with Gasteiger partial charge in [0.15, 0.2) is 0 Å². The maximum atomic E-state index is 12.9. The van der Waals surface area contributed by atoms with Crippen molar-refractivity contribution in [2.24, 2.45) is 0 Å². The number of aliphatic carboxylic acids is 1. The number of benzene rings is 1. The molecule has 7 heteroatoms. The molecule has 0 aliphatic rings. The zero-order valence-electron chi connectivity index (χ0n) is 9.79. The van der Waals surface area contributed by atoms with Crippen molar-refractivity contribution in [2.75, 3.05) is 0 Å². The first-order valence-electron chi connectivity index (χ1n) is 5.20. The highest BCUT2D eigenvalue weighted by Crippen LogP contribution is 2.37. The Hall–Kier alpha value is -1.37. The van der Waals surface area contributed by atoms with Gasteiger partial charge in [-0.15, -0.1) is 0 Å². The van der Waals surface area contributed by atoms with E-state index in [0.717, 1.165) is 12.1 Å². The zero-order valence-corrected chi connectivity index (χ0v) is 11.4. The van der Waals surface area contributed by atoms with Crippen molar-refractivity contribution in [2.45, 2.75) is 24.3 Å². The van der Waals surface area contributed by atoms with Crippen molar-refractivity contribution < 1.29 is 27.9 Å². The van der Waals surface area contributed by atoms with Crippen LogP contribution < -0.4 is 0 Å². The Morgan fingerprint density at radius 3 is 2.37 bits per heavy atom. The second kappa shape index (κ2) is 5.73. The number of carboxylic acid groups (broad SMARTS) is 1. The number of alkyl halides is 4. The molecular formula is C12H10BrF3O3. The molecule has 0 fully saturated rings. The third kappa shape index (κ3) is 3.79. The number of carbonyl (C=O) groups is 2. The summed E-state index contributed by atoms with van der Waals surface area (Å²) in [4.78, 5) is 21.0. The van der Waals surface area contributed by atoms with Crippen LogP contribution in [0.4, 0.5) is 13.2 Å². The fourth-order valence-electron chi connectivity index (χ4n) is 1.68. The zero-order chi connectivity index (χ0) is 14.8. The number of carbonyl (C=O) groups excluding carboxylic acids is 1. The van der Waals surface area contributed by atoms with Crippen LogP contribution in [0.5, 0.6) is 0 Å². The van der Waals surface area contributed by atoms with Gasteiger partial charge >= 0.3 is 12.1 Å². The lowest BCUT2D eigenvalue weighted by Gasteiger charge is -2.17. The van der Waals surface area contributed by atoms with E-state index in [4.69, 9.17) is 5.11 Å². The summed E-state index contributed by atoms with van der Waals surface area (Å²) < 4.78 is 38.6. The van der Waals surface area contributed by atoms with Crippen LogP contribution >= 0.6 is 15.9 Å². The van der Waals surface area contributed by atoms with E-state index in [9.17, 15) is 22.8 Å². The molecule has 0 aliphatic carbocycles. The molecule has 0 saturated carbocycles. The molecule has 1 unspecified atom stereocenters. The molecule has 1 rings (SSSR count). The highest BCUT2D eigenvalue weighted by Gasteiger charge is 2.35. The number of halogens is 4. The average molecular weight is 339 g/mol. The molecule has 1 atom stereocenters. The lowest BCUT2D eigenvalue weighted by Crippen LogP contribution is -2.16. The molecule has 0 aliphatic heterocycles. The van der Waals surface area contributed by atoms with Crippen LogP contribution in [0, 0.1) is 0 Å². The minimum atomic E-state index is -4.66. The molecule has 0 amide bonds. The fraction of sp³-hybridized carbons (Fsp3) is 0.333. The number of Topliss-reactive ketones (excluding diaryl/α,β-unsaturated/α-hetero) is 1. The van der Waals surface area contributed by atoms with Crippen molar-refractivity contribution >= 4 is 27.7 Å². The van der Waals surface area contributed by atoms with Crippen molar-refractivity contribution in [1.29, 1.82) is 0 Å². The van der Waals surface area contributed by atoms with Gasteiger partial charge in [0, 0.05) is 0 Å². The molecule has 0 radical (unpaired) electrons. The summed E-state index contributed by atoms with van der Waals surface area (Å²) in [7, 11) is 0. The first kappa shape index (κ1) is 15.7. The molecule has 0 bridgehead atoms. The van der Waals surface area contributed by atoms with E-state index in [0.29, 0.717) is 0 Å². The van der Waals surface area contributed by atoms with Crippen LogP contribution in [-0.4, -0.2) is 16.9 Å². The van der Waals surface area contributed by atoms with Gasteiger partial charge in [0.2, 0.25) is 0 Å². The largest absolute Gasteiger partial charge is 0.481 e. The maximum Gasteiger partial charge on any atom is 0.416 e. The maximum absolute atomic E-state index is 12.9. The van der Waals surface area contributed by atoms with Gasteiger partial charge in [-0.2, -0.15) is 13.2 Å². The number of ketones is 1. The quantitative estimate of drug-likeness (QED) is 0.856. The second-order valence-electron chi connectivity index (χ2n) is 3.91. The predicted molar refractivity (Wildman–Crippen MR) is 65.1 cm³/mol. The molecule has 3 nitrogen and oxygen atoms in total.